The van der Waals surface area contributed by atoms with E-state index in [2.05, 4.69) is 32.2 Å². The molecule has 2 saturated carbocycles. The number of phosphoric acid groups is 1. The number of methoxy groups -OCH3 is 1. The molecule has 0 radical (unpaired) electrons. The first-order valence-corrected chi connectivity index (χ1v) is 19.3. The number of carbonyl (C=O) groups excluding carboxylic acids is 2. The predicted molar refractivity (Wildman–Crippen MR) is 187 cm³/mol. The Labute approximate surface area is 290 Å². The van der Waals surface area contributed by atoms with E-state index in [1.54, 1.807) is 0 Å². The summed E-state index contributed by atoms with van der Waals surface area (Å²) in [5, 5.41) is 13.2. The third kappa shape index (κ3) is 8.28. The highest BCUT2D eigenvalue weighted by atomic mass is 31.2. The SMILES string of the molecule is CCCCOP(=O)(OCCCC)Oc1ccc2c(c1)CCC1C2CC[C@]2(C)C1CC[C@H]2OCCC(=O)Nc1ccc(OC)c(C(N)=O)c1O. The van der Waals surface area contributed by atoms with Gasteiger partial charge in [0, 0.05) is 0 Å². The topological polar surface area (TPSA) is 156 Å². The number of aryl methyl sites for hydroxylation is 1. The zero-order valence-electron chi connectivity index (χ0n) is 29.3. The zero-order valence-corrected chi connectivity index (χ0v) is 30.2. The van der Waals surface area contributed by atoms with Crippen LogP contribution in [-0.2, 0) is 29.6 Å². The van der Waals surface area contributed by atoms with Crippen LogP contribution in [0.15, 0.2) is 30.3 Å². The summed E-state index contributed by atoms with van der Waals surface area (Å²) in [6.07, 6.45) is 9.76. The maximum absolute atomic E-state index is 13.5. The highest BCUT2D eigenvalue weighted by molar-refractivity contribution is 7.48. The number of carbonyl (C=O) groups is 2. The van der Waals surface area contributed by atoms with E-state index in [-0.39, 0.29) is 47.5 Å². The Kier molecular flexibility index (Phi) is 12.3. The van der Waals surface area contributed by atoms with Crippen LogP contribution in [0.3, 0.4) is 0 Å². The molecule has 0 heterocycles. The van der Waals surface area contributed by atoms with Crippen molar-refractivity contribution in [2.24, 2.45) is 23.0 Å². The first-order valence-electron chi connectivity index (χ1n) is 17.9. The van der Waals surface area contributed by atoms with Crippen molar-refractivity contribution in [1.29, 1.82) is 0 Å². The van der Waals surface area contributed by atoms with Crippen molar-refractivity contribution in [3.63, 3.8) is 0 Å². The number of hydrogen-bond donors (Lipinski definition) is 3. The molecule has 0 saturated heterocycles. The van der Waals surface area contributed by atoms with Gasteiger partial charge in [0.1, 0.15) is 17.1 Å². The van der Waals surface area contributed by atoms with Crippen LogP contribution in [0, 0.1) is 17.3 Å². The molecule has 0 aliphatic heterocycles. The molecule has 5 atom stereocenters. The number of ether oxygens (including phenoxy) is 2. The summed E-state index contributed by atoms with van der Waals surface area (Å²) in [6.45, 7) is 7.39. The van der Waals surface area contributed by atoms with Crippen LogP contribution in [0.1, 0.15) is 112 Å². The monoisotopic (exact) mass is 700 g/mol. The van der Waals surface area contributed by atoms with Gasteiger partial charge in [-0.3, -0.25) is 18.6 Å². The second-order valence-corrected chi connectivity index (χ2v) is 15.5. The molecule has 0 aromatic heterocycles. The van der Waals surface area contributed by atoms with E-state index in [0.717, 1.165) is 64.2 Å². The molecule has 49 heavy (non-hydrogen) atoms. The maximum Gasteiger partial charge on any atom is 0.530 e. The van der Waals surface area contributed by atoms with Gasteiger partial charge < -0.3 is 30.2 Å². The van der Waals surface area contributed by atoms with Crippen LogP contribution in [0.4, 0.5) is 5.69 Å². The van der Waals surface area contributed by atoms with Crippen LogP contribution in [0.25, 0.3) is 0 Å². The van der Waals surface area contributed by atoms with E-state index in [1.165, 1.54) is 30.4 Å². The summed E-state index contributed by atoms with van der Waals surface area (Å²) in [7, 11) is -2.34. The van der Waals surface area contributed by atoms with Gasteiger partial charge in [0.25, 0.3) is 5.91 Å². The Morgan fingerprint density at radius 1 is 1.02 bits per heavy atom. The number of phosphoric ester groups is 1. The van der Waals surface area contributed by atoms with E-state index < -0.39 is 19.5 Å². The lowest BCUT2D eigenvalue weighted by atomic mass is 9.55. The number of rotatable bonds is 17. The molecule has 2 amide bonds. The summed E-state index contributed by atoms with van der Waals surface area (Å²) in [5.74, 6) is 0.589. The van der Waals surface area contributed by atoms with Crippen molar-refractivity contribution in [2.45, 2.75) is 103 Å². The Morgan fingerprint density at radius 2 is 1.76 bits per heavy atom. The van der Waals surface area contributed by atoms with Crippen molar-refractivity contribution in [3.8, 4) is 17.2 Å². The summed E-state index contributed by atoms with van der Waals surface area (Å²) in [4.78, 5) is 24.6. The molecular weight excluding hydrogens is 647 g/mol. The quantitative estimate of drug-likeness (QED) is 0.0849. The van der Waals surface area contributed by atoms with Crippen LogP contribution in [-0.4, -0.2) is 50.0 Å². The largest absolute Gasteiger partial charge is 0.530 e. The second kappa shape index (κ2) is 16.3. The number of nitrogens with two attached hydrogens (primary N) is 1. The van der Waals surface area contributed by atoms with E-state index >= 15 is 0 Å². The molecule has 270 valence electrons. The maximum atomic E-state index is 13.5. The molecular formula is C37H53N2O9P. The Balaban J connectivity index is 1.18. The van der Waals surface area contributed by atoms with Gasteiger partial charge in [0.15, 0.2) is 5.75 Å². The normalized spacial score (nSPS) is 24.4. The van der Waals surface area contributed by atoms with E-state index in [0.29, 0.717) is 36.7 Å². The lowest BCUT2D eigenvalue weighted by Gasteiger charge is -2.50. The number of unbranched alkanes of at least 4 members (excludes halogenated alkanes) is 2. The number of phenols is 1. The first kappa shape index (κ1) is 37.2. The first-order chi connectivity index (χ1) is 23.5. The average Bonchev–Trinajstić information content (AvgIpc) is 3.41. The van der Waals surface area contributed by atoms with E-state index in [4.69, 9.17) is 28.8 Å². The Hall–Kier alpha value is -3.11. The fourth-order valence-corrected chi connectivity index (χ4v) is 9.55. The van der Waals surface area contributed by atoms with Gasteiger partial charge in [-0.25, -0.2) is 4.57 Å². The van der Waals surface area contributed by atoms with Crippen molar-refractivity contribution < 1.29 is 42.3 Å². The summed E-state index contributed by atoms with van der Waals surface area (Å²) >= 11 is 0. The number of fused-ring (bicyclic) bond motifs is 5. The van der Waals surface area contributed by atoms with Gasteiger partial charge in [-0.2, -0.15) is 0 Å². The minimum absolute atomic E-state index is 0.0289. The smallest absolute Gasteiger partial charge is 0.505 e. The van der Waals surface area contributed by atoms with Crippen LogP contribution in [0.2, 0.25) is 0 Å². The lowest BCUT2D eigenvalue weighted by Crippen LogP contribution is -2.44. The number of primary amides is 1. The molecule has 2 fully saturated rings. The summed E-state index contributed by atoms with van der Waals surface area (Å²) in [5.41, 5.74) is 7.95. The van der Waals surface area contributed by atoms with Crippen molar-refractivity contribution in [1.82, 2.24) is 0 Å². The van der Waals surface area contributed by atoms with Gasteiger partial charge in [0.05, 0.1) is 45.1 Å². The van der Waals surface area contributed by atoms with Gasteiger partial charge in [-0.05, 0) is 110 Å². The molecule has 12 heteroatoms. The molecule has 2 aromatic carbocycles. The number of aromatic hydroxyl groups is 1. The zero-order chi connectivity index (χ0) is 35.2. The molecule has 3 aliphatic carbocycles. The molecule has 2 aromatic rings. The molecule has 5 rings (SSSR count). The van der Waals surface area contributed by atoms with Crippen LogP contribution < -0.4 is 20.3 Å². The number of nitrogens with one attached hydrogen (secondary N) is 1. The highest BCUT2D eigenvalue weighted by Gasteiger charge is 2.55. The fourth-order valence-electron chi connectivity index (χ4n) is 8.29. The van der Waals surface area contributed by atoms with Crippen LogP contribution in [0.5, 0.6) is 17.2 Å². The minimum atomic E-state index is -3.71. The number of hydrogen-bond acceptors (Lipinski definition) is 9. The molecule has 4 N–H and O–H groups in total. The van der Waals surface area contributed by atoms with Crippen molar-refractivity contribution in [3.05, 3.63) is 47.0 Å². The third-order valence-electron chi connectivity index (χ3n) is 10.9. The Morgan fingerprint density at radius 3 is 2.43 bits per heavy atom. The van der Waals surface area contributed by atoms with Crippen LogP contribution >= 0.6 is 7.82 Å². The van der Waals surface area contributed by atoms with E-state index in [9.17, 15) is 19.3 Å². The second-order valence-electron chi connectivity index (χ2n) is 13.9. The molecule has 0 spiro atoms. The predicted octanol–water partition coefficient (Wildman–Crippen LogP) is 7.89. The number of amides is 2. The van der Waals surface area contributed by atoms with Crippen molar-refractivity contribution >= 4 is 25.3 Å². The van der Waals surface area contributed by atoms with Gasteiger partial charge in [-0.15, -0.1) is 0 Å². The molecule has 0 bridgehead atoms. The number of benzene rings is 2. The molecule has 11 nitrogen and oxygen atoms in total. The lowest BCUT2D eigenvalue weighted by molar-refractivity contribution is -0.119. The Bertz CT molecular complexity index is 1520. The summed E-state index contributed by atoms with van der Waals surface area (Å²) < 4.78 is 42.2. The van der Waals surface area contributed by atoms with Crippen molar-refractivity contribution in [2.75, 3.05) is 32.2 Å². The molecule has 3 unspecified atom stereocenters. The van der Waals surface area contributed by atoms with E-state index in [1.807, 2.05) is 12.1 Å². The summed E-state index contributed by atoms with van der Waals surface area (Å²) in [6, 6.07) is 9.05. The fraction of sp³-hybridized carbons (Fsp3) is 0.622. The molecule has 3 aliphatic rings. The highest BCUT2D eigenvalue weighted by Crippen LogP contribution is 2.62. The van der Waals surface area contributed by atoms with Gasteiger partial charge >= 0.3 is 7.82 Å². The number of anilines is 1. The minimum Gasteiger partial charge on any atom is -0.505 e. The standard InChI is InChI=1S/C37H53N2O9P/c1-5-7-20-46-49(43,47-21-8-6-2)48-25-10-12-26-24(23-25)9-11-28-27(26)17-19-37(3)29(28)13-16-32(37)45-22-18-33(40)39-30-14-15-31(44-4)34(35(30)41)36(38)42/h10,12,14-15,23,27-29,32,41H,5-9,11,13,16-22H2,1-4H3,(H2,38,42)(H,39,40)/t27?,28?,29?,32-,37-/m1/s1. The average molecular weight is 701 g/mol. The van der Waals surface area contributed by atoms with Gasteiger partial charge in [-0.1, -0.05) is 39.7 Å². The van der Waals surface area contributed by atoms with Gasteiger partial charge in [0.2, 0.25) is 5.91 Å². The third-order valence-corrected chi connectivity index (χ3v) is 12.3.